The SMILES string of the molecule is CCOC(=O)C1=C(C)N(CC(=O)NCCc2ccccn2)C(=O)CC1c1cccc(Oc2ccccc2)c1. The van der Waals surface area contributed by atoms with Crippen LogP contribution in [0.5, 0.6) is 11.5 Å². The summed E-state index contributed by atoms with van der Waals surface area (Å²) in [6, 6.07) is 22.3. The van der Waals surface area contributed by atoms with E-state index in [0.717, 1.165) is 11.3 Å². The largest absolute Gasteiger partial charge is 0.463 e. The molecule has 0 bridgehead atoms. The molecule has 0 saturated carbocycles. The van der Waals surface area contributed by atoms with Crippen molar-refractivity contribution in [1.29, 1.82) is 0 Å². The molecule has 8 nitrogen and oxygen atoms in total. The summed E-state index contributed by atoms with van der Waals surface area (Å²) < 4.78 is 11.3. The van der Waals surface area contributed by atoms with Crippen molar-refractivity contribution in [2.45, 2.75) is 32.6 Å². The van der Waals surface area contributed by atoms with Crippen LogP contribution < -0.4 is 10.1 Å². The number of benzene rings is 2. The van der Waals surface area contributed by atoms with E-state index in [1.165, 1.54) is 4.90 Å². The third kappa shape index (κ3) is 6.64. The number of esters is 1. The highest BCUT2D eigenvalue weighted by Crippen LogP contribution is 2.38. The van der Waals surface area contributed by atoms with Crippen molar-refractivity contribution in [3.05, 3.63) is 102 Å². The highest BCUT2D eigenvalue weighted by Gasteiger charge is 2.37. The first-order chi connectivity index (χ1) is 18.5. The van der Waals surface area contributed by atoms with Gasteiger partial charge in [-0.3, -0.25) is 14.6 Å². The van der Waals surface area contributed by atoms with Crippen LogP contribution in [0.1, 0.15) is 37.4 Å². The molecule has 1 N–H and O–H groups in total. The fourth-order valence-corrected chi connectivity index (χ4v) is 4.46. The zero-order valence-electron chi connectivity index (χ0n) is 21.6. The van der Waals surface area contributed by atoms with E-state index in [2.05, 4.69) is 10.3 Å². The van der Waals surface area contributed by atoms with Gasteiger partial charge in [-0.25, -0.2) is 4.79 Å². The number of carbonyl (C=O) groups is 3. The Bertz CT molecular complexity index is 1310. The summed E-state index contributed by atoms with van der Waals surface area (Å²) in [5.74, 6) is -0.302. The first-order valence-electron chi connectivity index (χ1n) is 12.6. The van der Waals surface area contributed by atoms with Gasteiger partial charge in [-0.2, -0.15) is 0 Å². The van der Waals surface area contributed by atoms with Crippen LogP contribution in [0.4, 0.5) is 0 Å². The van der Waals surface area contributed by atoms with Gasteiger partial charge in [0.1, 0.15) is 18.0 Å². The van der Waals surface area contributed by atoms with Crippen molar-refractivity contribution in [3.8, 4) is 11.5 Å². The summed E-state index contributed by atoms with van der Waals surface area (Å²) in [6.45, 7) is 3.82. The Labute approximate surface area is 222 Å². The number of ether oxygens (including phenoxy) is 2. The zero-order valence-corrected chi connectivity index (χ0v) is 21.6. The average Bonchev–Trinajstić information content (AvgIpc) is 2.92. The Morgan fingerprint density at radius 3 is 2.53 bits per heavy atom. The van der Waals surface area contributed by atoms with Crippen molar-refractivity contribution in [1.82, 2.24) is 15.2 Å². The second kappa shape index (κ2) is 12.7. The van der Waals surface area contributed by atoms with Crippen LogP contribution in [-0.4, -0.2) is 47.4 Å². The second-order valence-corrected chi connectivity index (χ2v) is 8.86. The number of para-hydroxylation sites is 1. The Kier molecular flexibility index (Phi) is 8.87. The molecule has 0 fully saturated rings. The first-order valence-corrected chi connectivity index (χ1v) is 12.6. The standard InChI is InChI=1S/C30H31N3O5/c1-3-37-30(36)29-21(2)33(20-27(34)32-17-15-23-11-7-8-16-31-23)28(35)19-26(29)22-10-9-14-25(18-22)38-24-12-5-4-6-13-24/h4-14,16,18,26H,3,15,17,19-20H2,1-2H3,(H,32,34). The summed E-state index contributed by atoms with van der Waals surface area (Å²) >= 11 is 0. The van der Waals surface area contributed by atoms with Gasteiger partial charge >= 0.3 is 5.97 Å². The fourth-order valence-electron chi connectivity index (χ4n) is 4.46. The van der Waals surface area contributed by atoms with Gasteiger partial charge in [-0.15, -0.1) is 0 Å². The monoisotopic (exact) mass is 513 g/mol. The van der Waals surface area contributed by atoms with Crippen LogP contribution in [0.2, 0.25) is 0 Å². The molecular formula is C30H31N3O5. The molecule has 1 aliphatic rings. The molecule has 2 heterocycles. The summed E-state index contributed by atoms with van der Waals surface area (Å²) in [6.07, 6.45) is 2.31. The molecule has 0 spiro atoms. The van der Waals surface area contributed by atoms with Gasteiger partial charge in [-0.1, -0.05) is 36.4 Å². The summed E-state index contributed by atoms with van der Waals surface area (Å²) in [5, 5.41) is 2.83. The fraction of sp³-hybridized carbons (Fsp3) is 0.267. The topological polar surface area (TPSA) is 97.8 Å². The maximum atomic E-state index is 13.2. The minimum Gasteiger partial charge on any atom is -0.463 e. The van der Waals surface area contributed by atoms with E-state index in [9.17, 15) is 14.4 Å². The van der Waals surface area contributed by atoms with Gasteiger partial charge in [-0.05, 0) is 55.8 Å². The van der Waals surface area contributed by atoms with Gasteiger partial charge in [0.2, 0.25) is 11.8 Å². The molecular weight excluding hydrogens is 482 g/mol. The van der Waals surface area contributed by atoms with Crippen LogP contribution >= 0.6 is 0 Å². The van der Waals surface area contributed by atoms with Crippen LogP contribution in [0.15, 0.2) is 90.3 Å². The van der Waals surface area contributed by atoms with E-state index in [0.29, 0.717) is 35.7 Å². The lowest BCUT2D eigenvalue weighted by molar-refractivity contribution is -0.141. The average molecular weight is 514 g/mol. The summed E-state index contributed by atoms with van der Waals surface area (Å²) in [7, 11) is 0. The molecule has 2 aromatic carbocycles. The Hall–Kier alpha value is -4.46. The summed E-state index contributed by atoms with van der Waals surface area (Å²) in [4.78, 5) is 44.6. The lowest BCUT2D eigenvalue weighted by Crippen LogP contribution is -2.44. The van der Waals surface area contributed by atoms with Crippen LogP contribution in [0.25, 0.3) is 0 Å². The van der Waals surface area contributed by atoms with E-state index in [1.54, 1.807) is 20.0 Å². The minimum atomic E-state index is -0.524. The molecule has 196 valence electrons. The van der Waals surface area contributed by atoms with Crippen molar-refractivity contribution >= 4 is 17.8 Å². The minimum absolute atomic E-state index is 0.0293. The molecule has 0 radical (unpaired) electrons. The van der Waals surface area contributed by atoms with E-state index >= 15 is 0 Å². The number of hydrogen-bond donors (Lipinski definition) is 1. The smallest absolute Gasteiger partial charge is 0.336 e. The first kappa shape index (κ1) is 26.6. The maximum Gasteiger partial charge on any atom is 0.336 e. The lowest BCUT2D eigenvalue weighted by Gasteiger charge is -2.34. The number of nitrogens with zero attached hydrogens (tertiary/aromatic N) is 2. The molecule has 1 atom stereocenters. The zero-order chi connectivity index (χ0) is 26.9. The van der Waals surface area contributed by atoms with Crippen molar-refractivity contribution in [2.75, 3.05) is 19.7 Å². The molecule has 1 aliphatic heterocycles. The highest BCUT2D eigenvalue weighted by atomic mass is 16.5. The molecule has 38 heavy (non-hydrogen) atoms. The van der Waals surface area contributed by atoms with E-state index in [4.69, 9.17) is 9.47 Å². The molecule has 0 aliphatic carbocycles. The number of nitrogens with one attached hydrogen (secondary N) is 1. The molecule has 0 saturated heterocycles. The van der Waals surface area contributed by atoms with Crippen LogP contribution in [0.3, 0.4) is 0 Å². The predicted molar refractivity (Wildman–Crippen MR) is 142 cm³/mol. The lowest BCUT2D eigenvalue weighted by atomic mass is 9.83. The molecule has 4 rings (SSSR count). The quantitative estimate of drug-likeness (QED) is 0.404. The van der Waals surface area contributed by atoms with Gasteiger partial charge in [0.25, 0.3) is 0 Å². The molecule has 1 aromatic heterocycles. The summed E-state index contributed by atoms with van der Waals surface area (Å²) in [5.41, 5.74) is 2.40. The number of aromatic nitrogens is 1. The van der Waals surface area contributed by atoms with Gasteiger partial charge in [0, 0.05) is 42.9 Å². The van der Waals surface area contributed by atoms with Gasteiger partial charge in [0.15, 0.2) is 0 Å². The van der Waals surface area contributed by atoms with E-state index in [1.807, 2.05) is 72.8 Å². The van der Waals surface area contributed by atoms with Gasteiger partial charge in [0.05, 0.1) is 12.2 Å². The number of amides is 2. The third-order valence-electron chi connectivity index (χ3n) is 6.29. The van der Waals surface area contributed by atoms with Crippen LogP contribution in [0, 0.1) is 0 Å². The Balaban J connectivity index is 1.53. The second-order valence-electron chi connectivity index (χ2n) is 8.86. The molecule has 1 unspecified atom stereocenters. The Morgan fingerprint density at radius 2 is 1.79 bits per heavy atom. The molecule has 2 amide bonds. The van der Waals surface area contributed by atoms with E-state index < -0.39 is 11.9 Å². The number of rotatable bonds is 10. The molecule has 8 heteroatoms. The van der Waals surface area contributed by atoms with Crippen molar-refractivity contribution < 1.29 is 23.9 Å². The normalized spacial score (nSPS) is 15.3. The van der Waals surface area contributed by atoms with E-state index in [-0.39, 0.29) is 31.4 Å². The predicted octanol–water partition coefficient (Wildman–Crippen LogP) is 4.39. The number of carbonyl (C=O) groups excluding carboxylic acids is 3. The highest BCUT2D eigenvalue weighted by molar-refractivity contribution is 5.97. The number of hydrogen-bond acceptors (Lipinski definition) is 6. The number of pyridine rings is 1. The maximum absolute atomic E-state index is 13.2. The Morgan fingerprint density at radius 1 is 1.03 bits per heavy atom. The van der Waals surface area contributed by atoms with Crippen LogP contribution in [-0.2, 0) is 25.5 Å². The van der Waals surface area contributed by atoms with Gasteiger partial charge < -0.3 is 19.7 Å². The van der Waals surface area contributed by atoms with Crippen molar-refractivity contribution in [3.63, 3.8) is 0 Å². The number of allylic oxidation sites excluding steroid dienone is 1. The van der Waals surface area contributed by atoms with Crippen molar-refractivity contribution in [2.24, 2.45) is 0 Å². The molecule has 3 aromatic rings. The third-order valence-corrected chi connectivity index (χ3v) is 6.29.